The summed E-state index contributed by atoms with van der Waals surface area (Å²) in [4.78, 5) is 0. The highest BCUT2D eigenvalue weighted by Crippen LogP contribution is 2.42. The Morgan fingerprint density at radius 2 is 1.00 bits per heavy atom. The normalized spacial score (nSPS) is 13.0. The van der Waals surface area contributed by atoms with Crippen LogP contribution in [-0.4, -0.2) is 0 Å². The maximum absolute atomic E-state index is 13.3. The second-order valence-corrected chi connectivity index (χ2v) is 3.62. The third-order valence-corrected chi connectivity index (χ3v) is 2.49. The summed E-state index contributed by atoms with van der Waals surface area (Å²) in [6.07, 6.45) is -10.9. The molecule has 0 heterocycles. The van der Waals surface area contributed by atoms with E-state index < -0.39 is 46.2 Å². The molecule has 0 N–H and O–H groups in total. The van der Waals surface area contributed by atoms with Crippen LogP contribution in [0.5, 0.6) is 0 Å². The molecule has 0 aliphatic heterocycles. The molecule has 0 saturated heterocycles. The van der Waals surface area contributed by atoms with Crippen LogP contribution < -0.4 is 0 Å². The van der Waals surface area contributed by atoms with Gasteiger partial charge < -0.3 is 0 Å². The van der Waals surface area contributed by atoms with E-state index in [0.29, 0.717) is 6.92 Å². The number of benzene rings is 1. The van der Waals surface area contributed by atoms with E-state index in [9.17, 15) is 35.1 Å². The molecule has 1 aromatic carbocycles. The van der Waals surface area contributed by atoms with Crippen molar-refractivity contribution in [3.8, 4) is 0 Å². The quantitative estimate of drug-likeness (QED) is 0.607. The first kappa shape index (κ1) is 14.7. The predicted molar refractivity (Wildman–Crippen MR) is 45.8 cm³/mol. The Hall–Kier alpha value is -1.34. The van der Waals surface area contributed by atoms with Gasteiger partial charge in [-0.25, -0.2) is 8.78 Å². The van der Waals surface area contributed by atoms with E-state index in [4.69, 9.17) is 0 Å². The van der Waals surface area contributed by atoms with Crippen molar-refractivity contribution in [1.82, 2.24) is 0 Å². The minimum atomic E-state index is -5.54. The van der Waals surface area contributed by atoms with Crippen LogP contribution in [0.3, 0.4) is 0 Å². The van der Waals surface area contributed by atoms with E-state index >= 15 is 0 Å². The number of halogens is 8. The zero-order chi connectivity index (χ0) is 14.5. The third kappa shape index (κ3) is 2.28. The standard InChI is InChI=1S/C10H6F8/c1-3-4(2)7(11)6(10(16,17)18)8(12)5(3)9(13,14)15/h1-2H3. The first-order valence-electron chi connectivity index (χ1n) is 4.51. The molecular weight excluding hydrogens is 272 g/mol. The van der Waals surface area contributed by atoms with Crippen molar-refractivity contribution < 1.29 is 35.1 Å². The molecule has 0 aromatic heterocycles. The maximum atomic E-state index is 13.3. The van der Waals surface area contributed by atoms with Crippen LogP contribution in [0, 0.1) is 25.5 Å². The fraction of sp³-hybridized carbons (Fsp3) is 0.400. The van der Waals surface area contributed by atoms with E-state index in [1.165, 1.54) is 0 Å². The lowest BCUT2D eigenvalue weighted by Crippen LogP contribution is -2.20. The number of hydrogen-bond acceptors (Lipinski definition) is 0. The van der Waals surface area contributed by atoms with Crippen LogP contribution in [0.2, 0.25) is 0 Å². The Labute approximate surface area is 96.2 Å². The summed E-state index contributed by atoms with van der Waals surface area (Å²) in [5, 5.41) is 0. The van der Waals surface area contributed by atoms with Gasteiger partial charge in [0.05, 0.1) is 5.56 Å². The van der Waals surface area contributed by atoms with Gasteiger partial charge in [-0.2, -0.15) is 26.3 Å². The van der Waals surface area contributed by atoms with Crippen LogP contribution >= 0.6 is 0 Å². The van der Waals surface area contributed by atoms with Crippen molar-refractivity contribution >= 4 is 0 Å². The Kier molecular flexibility index (Phi) is 3.35. The van der Waals surface area contributed by atoms with Gasteiger partial charge in [-0.3, -0.25) is 0 Å². The molecule has 1 rings (SSSR count). The molecule has 1 aromatic rings. The van der Waals surface area contributed by atoms with Crippen molar-refractivity contribution in [1.29, 1.82) is 0 Å². The summed E-state index contributed by atoms with van der Waals surface area (Å²) in [6.45, 7) is 1.44. The highest BCUT2D eigenvalue weighted by Gasteiger charge is 2.46. The van der Waals surface area contributed by atoms with Crippen LogP contribution in [0.15, 0.2) is 0 Å². The van der Waals surface area contributed by atoms with E-state index in [0.717, 1.165) is 6.92 Å². The number of hydrogen-bond donors (Lipinski definition) is 0. The van der Waals surface area contributed by atoms with Gasteiger partial charge in [0.15, 0.2) is 5.82 Å². The van der Waals surface area contributed by atoms with E-state index in [1.807, 2.05) is 0 Å². The molecule has 0 saturated carbocycles. The van der Waals surface area contributed by atoms with Gasteiger partial charge in [0.1, 0.15) is 11.4 Å². The highest BCUT2D eigenvalue weighted by molar-refractivity contribution is 5.43. The first-order valence-corrected chi connectivity index (χ1v) is 4.51. The van der Waals surface area contributed by atoms with Gasteiger partial charge in [0.25, 0.3) is 0 Å². The number of rotatable bonds is 0. The summed E-state index contributed by atoms with van der Waals surface area (Å²) in [6, 6.07) is 0. The predicted octanol–water partition coefficient (Wildman–Crippen LogP) is 4.62. The molecule has 0 aliphatic rings. The molecule has 102 valence electrons. The van der Waals surface area contributed by atoms with Crippen LogP contribution in [0.25, 0.3) is 0 Å². The van der Waals surface area contributed by atoms with Crippen molar-refractivity contribution in [3.05, 3.63) is 33.9 Å². The average Bonchev–Trinajstić information content (AvgIpc) is 2.09. The van der Waals surface area contributed by atoms with E-state index in [1.54, 1.807) is 0 Å². The van der Waals surface area contributed by atoms with E-state index in [2.05, 4.69) is 0 Å². The highest BCUT2D eigenvalue weighted by atomic mass is 19.4. The molecule has 0 aliphatic carbocycles. The van der Waals surface area contributed by atoms with Gasteiger partial charge in [-0.05, 0) is 25.0 Å². The lowest BCUT2D eigenvalue weighted by atomic mass is 9.97. The molecular formula is C10H6F8. The Balaban J connectivity index is 3.83. The van der Waals surface area contributed by atoms with Crippen LogP contribution in [-0.2, 0) is 12.4 Å². The molecule has 0 fully saturated rings. The molecule has 0 radical (unpaired) electrons. The molecule has 0 atom stereocenters. The van der Waals surface area contributed by atoms with Crippen molar-refractivity contribution in [2.75, 3.05) is 0 Å². The van der Waals surface area contributed by atoms with Gasteiger partial charge in [-0.1, -0.05) is 0 Å². The second-order valence-electron chi connectivity index (χ2n) is 3.62. The minimum absolute atomic E-state index is 0.713. The second kappa shape index (κ2) is 4.10. The van der Waals surface area contributed by atoms with Gasteiger partial charge in [0, 0.05) is 0 Å². The monoisotopic (exact) mass is 278 g/mol. The Bertz CT molecular complexity index is 439. The molecule has 0 unspecified atom stereocenters. The fourth-order valence-electron chi connectivity index (χ4n) is 1.51. The van der Waals surface area contributed by atoms with E-state index in [-0.39, 0.29) is 0 Å². The van der Waals surface area contributed by atoms with Crippen LogP contribution in [0.4, 0.5) is 35.1 Å². The number of alkyl halides is 6. The summed E-state index contributed by atoms with van der Waals surface area (Å²) in [5.41, 5.74) is -6.38. The molecule has 0 amide bonds. The van der Waals surface area contributed by atoms with Crippen molar-refractivity contribution in [3.63, 3.8) is 0 Å². The lowest BCUT2D eigenvalue weighted by Gasteiger charge is -2.19. The molecule has 8 heteroatoms. The molecule has 0 bridgehead atoms. The zero-order valence-corrected chi connectivity index (χ0v) is 9.02. The maximum Gasteiger partial charge on any atom is 0.422 e. The van der Waals surface area contributed by atoms with Gasteiger partial charge in [-0.15, -0.1) is 0 Å². The Morgan fingerprint density at radius 1 is 0.611 bits per heavy atom. The topological polar surface area (TPSA) is 0 Å². The summed E-state index contributed by atoms with van der Waals surface area (Å²) in [5.74, 6) is -4.65. The molecule has 0 nitrogen and oxygen atoms in total. The SMILES string of the molecule is Cc1c(C)c(C(F)(F)F)c(F)c(C(F)(F)F)c1F. The smallest absolute Gasteiger partial charge is 0.206 e. The minimum Gasteiger partial charge on any atom is -0.206 e. The fourth-order valence-corrected chi connectivity index (χ4v) is 1.51. The zero-order valence-electron chi connectivity index (χ0n) is 9.02. The van der Waals surface area contributed by atoms with Gasteiger partial charge in [0.2, 0.25) is 0 Å². The Morgan fingerprint density at radius 3 is 1.33 bits per heavy atom. The summed E-state index contributed by atoms with van der Waals surface area (Å²) < 4.78 is 101. The average molecular weight is 278 g/mol. The summed E-state index contributed by atoms with van der Waals surface area (Å²) in [7, 11) is 0. The van der Waals surface area contributed by atoms with Crippen LogP contribution in [0.1, 0.15) is 22.3 Å². The van der Waals surface area contributed by atoms with Crippen molar-refractivity contribution in [2.45, 2.75) is 26.2 Å². The third-order valence-electron chi connectivity index (χ3n) is 2.49. The largest absolute Gasteiger partial charge is 0.422 e. The molecule has 0 spiro atoms. The van der Waals surface area contributed by atoms with Gasteiger partial charge >= 0.3 is 12.4 Å². The van der Waals surface area contributed by atoms with Crippen molar-refractivity contribution in [2.24, 2.45) is 0 Å². The molecule has 18 heavy (non-hydrogen) atoms. The first-order chi connectivity index (χ1) is 7.89. The summed E-state index contributed by atoms with van der Waals surface area (Å²) >= 11 is 0. The lowest BCUT2D eigenvalue weighted by molar-refractivity contribution is -0.149.